The van der Waals surface area contributed by atoms with Crippen LogP contribution in [-0.2, 0) is 6.67 Å². The molecular weight excluding hydrogens is 309 g/mol. The van der Waals surface area contributed by atoms with Gasteiger partial charge in [0.05, 0.1) is 5.39 Å². The normalized spacial score (nSPS) is 10.9. The van der Waals surface area contributed by atoms with Crippen molar-refractivity contribution in [2.75, 3.05) is 5.32 Å². The van der Waals surface area contributed by atoms with E-state index in [1.54, 1.807) is 30.5 Å². The van der Waals surface area contributed by atoms with Crippen LogP contribution in [0.2, 0.25) is 0 Å². The molecule has 0 fully saturated rings. The van der Waals surface area contributed by atoms with Crippen molar-refractivity contribution in [3.8, 4) is 11.4 Å². The van der Waals surface area contributed by atoms with Crippen LogP contribution in [0, 0.1) is 0 Å². The van der Waals surface area contributed by atoms with E-state index in [-0.39, 0.29) is 0 Å². The Bertz CT molecular complexity index is 985. The second-order valence-corrected chi connectivity index (χ2v) is 5.01. The molecule has 7 nitrogen and oxygen atoms in total. The highest BCUT2D eigenvalue weighted by atomic mass is 19.1. The number of aromatic amines is 1. The number of alkyl halides is 1. The Hall–Kier alpha value is -3.42. The predicted octanol–water partition coefficient (Wildman–Crippen LogP) is 3.02. The monoisotopic (exact) mass is 321 g/mol. The van der Waals surface area contributed by atoms with Crippen LogP contribution in [0.15, 0.2) is 48.9 Å². The molecule has 4 aromatic rings. The Balaban J connectivity index is 1.91. The maximum Gasteiger partial charge on any atom is 0.247 e. The summed E-state index contributed by atoms with van der Waals surface area (Å²) in [4.78, 5) is 17.3. The Labute approximate surface area is 136 Å². The van der Waals surface area contributed by atoms with Gasteiger partial charge < -0.3 is 5.32 Å². The van der Waals surface area contributed by atoms with Gasteiger partial charge in [0.1, 0.15) is 18.8 Å². The van der Waals surface area contributed by atoms with E-state index in [4.69, 9.17) is 0 Å². The maximum absolute atomic E-state index is 13.3. The van der Waals surface area contributed by atoms with E-state index in [1.807, 2.05) is 12.1 Å². The fourth-order valence-electron chi connectivity index (χ4n) is 2.41. The number of rotatable bonds is 4. The van der Waals surface area contributed by atoms with Crippen LogP contribution < -0.4 is 5.32 Å². The molecule has 0 bridgehead atoms. The molecule has 0 aliphatic heterocycles. The number of aromatic nitrogens is 6. The summed E-state index contributed by atoms with van der Waals surface area (Å²) in [5.41, 5.74) is 1.66. The Morgan fingerprint density at radius 2 is 1.96 bits per heavy atom. The molecule has 0 saturated carbocycles. The van der Waals surface area contributed by atoms with Crippen molar-refractivity contribution < 1.29 is 4.39 Å². The fraction of sp³-hybridized carbons (Fsp3) is 0.0625. The minimum atomic E-state index is -0.594. The van der Waals surface area contributed by atoms with E-state index < -0.39 is 6.67 Å². The number of nitrogens with one attached hydrogen (secondary N) is 2. The van der Waals surface area contributed by atoms with Gasteiger partial charge in [-0.1, -0.05) is 24.3 Å². The van der Waals surface area contributed by atoms with Gasteiger partial charge in [-0.3, -0.25) is 5.10 Å². The highest BCUT2D eigenvalue weighted by Crippen LogP contribution is 2.27. The summed E-state index contributed by atoms with van der Waals surface area (Å²) < 4.78 is 13.3. The molecule has 0 aliphatic carbocycles. The van der Waals surface area contributed by atoms with Gasteiger partial charge in [-0.25, -0.2) is 24.3 Å². The topological polar surface area (TPSA) is 92.3 Å². The molecule has 0 spiro atoms. The van der Waals surface area contributed by atoms with Gasteiger partial charge in [0, 0.05) is 11.8 Å². The molecule has 0 amide bonds. The van der Waals surface area contributed by atoms with E-state index in [0.29, 0.717) is 34.4 Å². The molecular formula is C16H12FN7. The number of benzene rings is 1. The van der Waals surface area contributed by atoms with E-state index in [2.05, 4.69) is 35.5 Å². The summed E-state index contributed by atoms with van der Waals surface area (Å²) >= 11 is 0. The lowest BCUT2D eigenvalue weighted by atomic mass is 10.1. The van der Waals surface area contributed by atoms with Crippen LogP contribution in [0.25, 0.3) is 22.4 Å². The number of pyridine rings is 1. The first-order valence-corrected chi connectivity index (χ1v) is 7.25. The van der Waals surface area contributed by atoms with Crippen LogP contribution in [0.1, 0.15) is 5.56 Å². The highest BCUT2D eigenvalue weighted by molar-refractivity contribution is 5.89. The molecule has 24 heavy (non-hydrogen) atoms. The molecule has 0 aliphatic rings. The first kappa shape index (κ1) is 14.2. The third-order valence-corrected chi connectivity index (χ3v) is 3.52. The quantitative estimate of drug-likeness (QED) is 0.600. The van der Waals surface area contributed by atoms with Gasteiger partial charge in [0.2, 0.25) is 5.95 Å². The van der Waals surface area contributed by atoms with Crippen molar-refractivity contribution in [3.05, 3.63) is 54.5 Å². The van der Waals surface area contributed by atoms with Crippen molar-refractivity contribution in [2.24, 2.45) is 0 Å². The van der Waals surface area contributed by atoms with Crippen LogP contribution >= 0.6 is 0 Å². The predicted molar refractivity (Wildman–Crippen MR) is 87.2 cm³/mol. The molecule has 8 heteroatoms. The third kappa shape index (κ3) is 2.54. The summed E-state index contributed by atoms with van der Waals surface area (Å²) in [5, 5.41) is 10.4. The number of hydrogen-bond acceptors (Lipinski definition) is 6. The first-order chi connectivity index (χ1) is 11.8. The van der Waals surface area contributed by atoms with Crippen molar-refractivity contribution >= 4 is 22.8 Å². The molecule has 3 heterocycles. The summed E-state index contributed by atoms with van der Waals surface area (Å²) in [5.74, 6) is 1.28. The number of fused-ring (bicyclic) bond motifs is 1. The molecule has 2 N–H and O–H groups in total. The largest absolute Gasteiger partial charge is 0.307 e. The second-order valence-electron chi connectivity index (χ2n) is 5.01. The van der Waals surface area contributed by atoms with Crippen molar-refractivity contribution in [2.45, 2.75) is 6.67 Å². The van der Waals surface area contributed by atoms with Crippen molar-refractivity contribution in [1.29, 1.82) is 0 Å². The maximum atomic E-state index is 13.3. The van der Waals surface area contributed by atoms with Crippen LogP contribution in [0.5, 0.6) is 0 Å². The van der Waals surface area contributed by atoms with Gasteiger partial charge in [-0.15, -0.1) is 5.10 Å². The van der Waals surface area contributed by atoms with Gasteiger partial charge in [0.25, 0.3) is 0 Å². The van der Waals surface area contributed by atoms with Gasteiger partial charge >= 0.3 is 0 Å². The molecule has 3 aromatic heterocycles. The van der Waals surface area contributed by atoms with Gasteiger partial charge in [-0.05, 0) is 17.7 Å². The SMILES string of the molecule is FCc1ccccc1-c1nc(Nc2nc[nH]n2)c2cccnc2n1. The van der Waals surface area contributed by atoms with E-state index in [0.717, 1.165) is 5.39 Å². The lowest BCUT2D eigenvalue weighted by Crippen LogP contribution is -2.02. The van der Waals surface area contributed by atoms with Crippen molar-refractivity contribution in [1.82, 2.24) is 30.1 Å². The Morgan fingerprint density at radius 1 is 1.04 bits per heavy atom. The number of nitrogens with zero attached hydrogens (tertiary/aromatic N) is 5. The Kier molecular flexibility index (Phi) is 3.54. The van der Waals surface area contributed by atoms with Crippen molar-refractivity contribution in [3.63, 3.8) is 0 Å². The zero-order chi connectivity index (χ0) is 16.4. The first-order valence-electron chi connectivity index (χ1n) is 7.25. The lowest BCUT2D eigenvalue weighted by molar-refractivity contribution is 0.486. The molecule has 1 aromatic carbocycles. The molecule has 0 saturated heterocycles. The number of hydrogen-bond donors (Lipinski definition) is 2. The van der Waals surface area contributed by atoms with Gasteiger partial charge in [0.15, 0.2) is 11.5 Å². The summed E-state index contributed by atoms with van der Waals surface area (Å²) in [7, 11) is 0. The number of anilines is 2. The van der Waals surface area contributed by atoms with Crippen LogP contribution in [0.4, 0.5) is 16.2 Å². The molecule has 4 rings (SSSR count). The summed E-state index contributed by atoms with van der Waals surface area (Å²) in [6.45, 7) is -0.594. The van der Waals surface area contributed by atoms with E-state index in [1.165, 1.54) is 6.33 Å². The molecule has 0 unspecified atom stereocenters. The summed E-state index contributed by atoms with van der Waals surface area (Å²) in [6.07, 6.45) is 3.11. The summed E-state index contributed by atoms with van der Waals surface area (Å²) in [6, 6.07) is 10.7. The third-order valence-electron chi connectivity index (χ3n) is 3.52. The standard InChI is InChI=1S/C16H12FN7/c17-8-10-4-1-2-5-11(10)14-21-13-12(6-3-7-18-13)15(22-14)23-16-19-9-20-24-16/h1-7,9H,8H2,(H2,18,19,20,21,22,23,24). The molecule has 0 atom stereocenters. The zero-order valence-corrected chi connectivity index (χ0v) is 12.4. The smallest absolute Gasteiger partial charge is 0.247 e. The van der Waals surface area contributed by atoms with Crippen LogP contribution in [0.3, 0.4) is 0 Å². The molecule has 118 valence electrons. The van der Waals surface area contributed by atoms with Gasteiger partial charge in [-0.2, -0.15) is 0 Å². The Morgan fingerprint density at radius 3 is 2.79 bits per heavy atom. The number of H-pyrrole nitrogens is 1. The average Bonchev–Trinajstić information content (AvgIpc) is 3.14. The average molecular weight is 321 g/mol. The van der Waals surface area contributed by atoms with E-state index in [9.17, 15) is 4.39 Å². The minimum absolute atomic E-state index is 0.378. The number of halogens is 1. The molecule has 0 radical (unpaired) electrons. The zero-order valence-electron chi connectivity index (χ0n) is 12.4. The second kappa shape index (κ2) is 5.99. The highest BCUT2D eigenvalue weighted by Gasteiger charge is 2.13. The lowest BCUT2D eigenvalue weighted by Gasteiger charge is -2.10. The minimum Gasteiger partial charge on any atom is -0.307 e. The fourth-order valence-corrected chi connectivity index (χ4v) is 2.41. The van der Waals surface area contributed by atoms with Crippen LogP contribution in [-0.4, -0.2) is 30.1 Å². The van der Waals surface area contributed by atoms with E-state index >= 15 is 0 Å².